The van der Waals surface area contributed by atoms with Crippen molar-refractivity contribution in [3.63, 3.8) is 0 Å². The quantitative estimate of drug-likeness (QED) is 0.636. The molecule has 0 bridgehead atoms. The van der Waals surface area contributed by atoms with Crippen LogP contribution in [0.2, 0.25) is 0 Å². The van der Waals surface area contributed by atoms with E-state index in [1.807, 2.05) is 19.1 Å². The van der Waals surface area contributed by atoms with E-state index >= 15 is 0 Å². The summed E-state index contributed by atoms with van der Waals surface area (Å²) in [5.41, 5.74) is 0.741. The van der Waals surface area contributed by atoms with Gasteiger partial charge in [-0.1, -0.05) is 12.1 Å². The maximum absolute atomic E-state index is 12.1. The van der Waals surface area contributed by atoms with Gasteiger partial charge in [0, 0.05) is 13.6 Å². The molecule has 0 spiro atoms. The van der Waals surface area contributed by atoms with Crippen molar-refractivity contribution >= 4 is 23.4 Å². The minimum atomic E-state index is -0.693. The van der Waals surface area contributed by atoms with Crippen LogP contribution < -0.4 is 25.6 Å². The van der Waals surface area contributed by atoms with Crippen LogP contribution in [-0.2, 0) is 14.4 Å². The zero-order chi connectivity index (χ0) is 17.5. The van der Waals surface area contributed by atoms with Crippen molar-refractivity contribution in [1.82, 2.24) is 16.0 Å². The Morgan fingerprint density at radius 1 is 1.21 bits per heavy atom. The molecule has 1 aromatic carbocycles. The summed E-state index contributed by atoms with van der Waals surface area (Å²) in [7, 11) is 1.54. The molecule has 0 aliphatic carbocycles. The van der Waals surface area contributed by atoms with Crippen LogP contribution in [0.4, 0.5) is 5.69 Å². The van der Waals surface area contributed by atoms with Crippen molar-refractivity contribution in [3.8, 4) is 5.75 Å². The fraction of sp³-hybridized carbons (Fsp3) is 0.438. The SMILES string of the molecule is CCNC(=O)CNC(=O)CN1C[C@@H](C(=O)NC)Oc2ccccc21. The summed E-state index contributed by atoms with van der Waals surface area (Å²) in [6, 6.07) is 7.22. The van der Waals surface area contributed by atoms with Crippen molar-refractivity contribution in [2.45, 2.75) is 13.0 Å². The maximum atomic E-state index is 12.1. The minimum absolute atomic E-state index is 0.0350. The number of ether oxygens (including phenoxy) is 1. The first-order chi connectivity index (χ1) is 11.5. The molecule has 130 valence electrons. The Balaban J connectivity index is 2.03. The van der Waals surface area contributed by atoms with E-state index in [0.717, 1.165) is 5.69 Å². The second kappa shape index (κ2) is 8.19. The Kier molecular flexibility index (Phi) is 6.00. The lowest BCUT2D eigenvalue weighted by atomic mass is 10.1. The molecule has 0 unspecified atom stereocenters. The molecule has 1 heterocycles. The summed E-state index contributed by atoms with van der Waals surface area (Å²) in [6.07, 6.45) is -0.693. The van der Waals surface area contributed by atoms with Crippen LogP contribution in [-0.4, -0.2) is 57.1 Å². The van der Waals surface area contributed by atoms with Crippen molar-refractivity contribution < 1.29 is 19.1 Å². The smallest absolute Gasteiger partial charge is 0.262 e. The minimum Gasteiger partial charge on any atom is -0.477 e. The number of fused-ring (bicyclic) bond motifs is 1. The molecule has 0 saturated heterocycles. The highest BCUT2D eigenvalue weighted by Gasteiger charge is 2.30. The van der Waals surface area contributed by atoms with Gasteiger partial charge in [-0.3, -0.25) is 14.4 Å². The first-order valence-electron chi connectivity index (χ1n) is 7.80. The van der Waals surface area contributed by atoms with Gasteiger partial charge in [0.05, 0.1) is 25.3 Å². The van der Waals surface area contributed by atoms with Crippen LogP contribution in [0.25, 0.3) is 0 Å². The van der Waals surface area contributed by atoms with Crippen LogP contribution >= 0.6 is 0 Å². The highest BCUT2D eigenvalue weighted by Crippen LogP contribution is 2.32. The predicted octanol–water partition coefficient (Wildman–Crippen LogP) is -0.748. The number of carbonyl (C=O) groups excluding carboxylic acids is 3. The first kappa shape index (κ1) is 17.6. The second-order valence-corrected chi connectivity index (χ2v) is 5.30. The normalized spacial score (nSPS) is 15.8. The number of para-hydroxylation sites is 2. The van der Waals surface area contributed by atoms with Gasteiger partial charge in [0.15, 0.2) is 6.10 Å². The van der Waals surface area contributed by atoms with E-state index in [-0.39, 0.29) is 37.4 Å². The third kappa shape index (κ3) is 4.37. The Labute approximate surface area is 140 Å². The number of benzene rings is 1. The summed E-state index contributed by atoms with van der Waals surface area (Å²) < 4.78 is 5.68. The predicted molar refractivity (Wildman–Crippen MR) is 88.8 cm³/mol. The van der Waals surface area contributed by atoms with Gasteiger partial charge in [-0.05, 0) is 19.1 Å². The second-order valence-electron chi connectivity index (χ2n) is 5.30. The first-order valence-corrected chi connectivity index (χ1v) is 7.80. The van der Waals surface area contributed by atoms with Crippen molar-refractivity contribution in [1.29, 1.82) is 0 Å². The van der Waals surface area contributed by atoms with Crippen molar-refractivity contribution in [3.05, 3.63) is 24.3 Å². The van der Waals surface area contributed by atoms with E-state index < -0.39 is 6.10 Å². The number of nitrogens with one attached hydrogen (secondary N) is 3. The number of hydrogen-bond acceptors (Lipinski definition) is 5. The third-order valence-corrected chi connectivity index (χ3v) is 3.55. The zero-order valence-corrected chi connectivity index (χ0v) is 13.8. The van der Waals surface area contributed by atoms with Crippen LogP contribution in [0, 0.1) is 0 Å². The lowest BCUT2D eigenvalue weighted by molar-refractivity contribution is -0.128. The molecule has 0 fully saturated rings. The van der Waals surface area contributed by atoms with Crippen LogP contribution in [0.1, 0.15) is 6.92 Å². The standard InChI is InChI=1S/C16H22N4O4/c1-3-18-14(21)8-19-15(22)10-20-9-13(16(23)17-2)24-12-7-5-4-6-11(12)20/h4-7,13H,3,8-10H2,1-2H3,(H,17,23)(H,18,21)(H,19,22)/t13-/m0/s1. The Hall–Kier alpha value is -2.77. The zero-order valence-electron chi connectivity index (χ0n) is 13.8. The highest BCUT2D eigenvalue weighted by molar-refractivity contribution is 5.88. The highest BCUT2D eigenvalue weighted by atomic mass is 16.5. The molecule has 3 amide bonds. The fourth-order valence-corrected chi connectivity index (χ4v) is 2.42. The summed E-state index contributed by atoms with van der Waals surface area (Å²) >= 11 is 0. The van der Waals surface area contributed by atoms with E-state index in [0.29, 0.717) is 12.3 Å². The van der Waals surface area contributed by atoms with Gasteiger partial charge in [0.25, 0.3) is 5.91 Å². The van der Waals surface area contributed by atoms with E-state index in [9.17, 15) is 14.4 Å². The summed E-state index contributed by atoms with van der Waals surface area (Å²) in [6.45, 7) is 2.54. The molecule has 3 N–H and O–H groups in total. The molecule has 1 aromatic rings. The van der Waals surface area contributed by atoms with Crippen LogP contribution in [0.15, 0.2) is 24.3 Å². The molecule has 1 aliphatic heterocycles. The third-order valence-electron chi connectivity index (χ3n) is 3.55. The summed E-state index contributed by atoms with van der Waals surface area (Å²) in [5, 5.41) is 7.73. The molecule has 1 atom stereocenters. The number of hydrogen-bond donors (Lipinski definition) is 3. The maximum Gasteiger partial charge on any atom is 0.262 e. The van der Waals surface area contributed by atoms with Crippen molar-refractivity contribution in [2.75, 3.05) is 38.1 Å². The molecule has 0 saturated carbocycles. The molecular formula is C16H22N4O4. The van der Waals surface area contributed by atoms with Crippen LogP contribution in [0.5, 0.6) is 5.75 Å². The number of anilines is 1. The summed E-state index contributed by atoms with van der Waals surface area (Å²) in [5.74, 6) is -0.240. The van der Waals surface area contributed by atoms with E-state index in [1.54, 1.807) is 17.0 Å². The molecule has 0 radical (unpaired) electrons. The van der Waals surface area contributed by atoms with Gasteiger partial charge >= 0.3 is 0 Å². The molecule has 0 aromatic heterocycles. The average Bonchev–Trinajstić information content (AvgIpc) is 2.59. The molecule has 24 heavy (non-hydrogen) atoms. The number of likely N-dealkylation sites (N-methyl/N-ethyl adjacent to an activating group) is 2. The molecule has 8 nitrogen and oxygen atoms in total. The van der Waals surface area contributed by atoms with E-state index in [2.05, 4.69) is 16.0 Å². The van der Waals surface area contributed by atoms with Gasteiger partial charge in [0.1, 0.15) is 5.75 Å². The van der Waals surface area contributed by atoms with Crippen molar-refractivity contribution in [2.24, 2.45) is 0 Å². The van der Waals surface area contributed by atoms with E-state index in [1.165, 1.54) is 7.05 Å². The number of amides is 3. The lowest BCUT2D eigenvalue weighted by Crippen LogP contribution is -2.51. The topological polar surface area (TPSA) is 99.8 Å². The van der Waals surface area contributed by atoms with E-state index in [4.69, 9.17) is 4.74 Å². The van der Waals surface area contributed by atoms with Gasteiger partial charge in [-0.2, -0.15) is 0 Å². The summed E-state index contributed by atoms with van der Waals surface area (Å²) in [4.78, 5) is 37.2. The van der Waals surface area contributed by atoms with Crippen LogP contribution in [0.3, 0.4) is 0 Å². The molecular weight excluding hydrogens is 312 g/mol. The van der Waals surface area contributed by atoms with Gasteiger partial charge in [0.2, 0.25) is 11.8 Å². The Bertz CT molecular complexity index is 620. The molecule has 1 aliphatic rings. The fourth-order valence-electron chi connectivity index (χ4n) is 2.42. The average molecular weight is 334 g/mol. The Morgan fingerprint density at radius 2 is 1.96 bits per heavy atom. The van der Waals surface area contributed by atoms with Gasteiger partial charge < -0.3 is 25.6 Å². The number of rotatable bonds is 6. The number of carbonyl (C=O) groups is 3. The van der Waals surface area contributed by atoms with Gasteiger partial charge in [-0.25, -0.2) is 0 Å². The molecule has 2 rings (SSSR count). The Morgan fingerprint density at radius 3 is 2.67 bits per heavy atom. The monoisotopic (exact) mass is 334 g/mol. The largest absolute Gasteiger partial charge is 0.477 e. The van der Waals surface area contributed by atoms with Gasteiger partial charge in [-0.15, -0.1) is 0 Å². The number of nitrogens with zero attached hydrogens (tertiary/aromatic N) is 1. The lowest BCUT2D eigenvalue weighted by Gasteiger charge is -2.34. The molecule has 8 heteroatoms.